The number of hydrogen-bond donors (Lipinski definition) is 2. The molecule has 0 bridgehead atoms. The van der Waals surface area contributed by atoms with Gasteiger partial charge < -0.3 is 10.2 Å². The Bertz CT molecular complexity index is 486. The molecule has 0 heterocycles. The van der Waals surface area contributed by atoms with Crippen molar-refractivity contribution in [2.24, 2.45) is 4.99 Å². The molecule has 0 amide bonds. The largest absolute Gasteiger partial charge is 0.506 e. The van der Waals surface area contributed by atoms with Crippen molar-refractivity contribution < 1.29 is 10.2 Å². The fraction of sp³-hybridized carbons (Fsp3) is 0. The first-order valence-electron chi connectivity index (χ1n) is 4.87. The first-order chi connectivity index (χ1) is 7.77. The first-order valence-corrected chi connectivity index (χ1v) is 4.87. The van der Waals surface area contributed by atoms with E-state index in [1.165, 1.54) is 12.1 Å². The van der Waals surface area contributed by atoms with E-state index in [0.29, 0.717) is 0 Å². The summed E-state index contributed by atoms with van der Waals surface area (Å²) in [7, 11) is 0. The van der Waals surface area contributed by atoms with Gasteiger partial charge in [0.25, 0.3) is 0 Å². The molecule has 0 saturated carbocycles. The Balaban J connectivity index is 2.31. The molecule has 2 rings (SSSR count). The van der Waals surface area contributed by atoms with Gasteiger partial charge in [-0.2, -0.15) is 0 Å². The molecule has 3 heteroatoms. The molecule has 2 aromatic rings. The van der Waals surface area contributed by atoms with Crippen molar-refractivity contribution in [3.8, 4) is 11.5 Å². The van der Waals surface area contributed by atoms with Gasteiger partial charge in [-0.25, -0.2) is 4.99 Å². The molecule has 0 fully saturated rings. The second-order valence-electron chi connectivity index (χ2n) is 3.31. The van der Waals surface area contributed by atoms with Crippen LogP contribution in [0, 0.1) is 0 Å². The highest BCUT2D eigenvalue weighted by molar-refractivity contribution is 5.83. The summed E-state index contributed by atoms with van der Waals surface area (Å²) in [5, 5.41) is 19.0. The van der Waals surface area contributed by atoms with E-state index in [1.54, 1.807) is 12.3 Å². The van der Waals surface area contributed by atoms with Crippen LogP contribution in [0.4, 0.5) is 5.69 Å². The molecule has 0 saturated heterocycles. The number of rotatable bonds is 2. The molecule has 0 aromatic heterocycles. The lowest BCUT2D eigenvalue weighted by molar-refractivity contribution is 0.453. The molecule has 16 heavy (non-hydrogen) atoms. The number of phenolic OH excluding ortho intramolecular Hbond substituents is 2. The number of para-hydroxylation sites is 1. The third-order valence-electron chi connectivity index (χ3n) is 2.14. The number of phenols is 2. The van der Waals surface area contributed by atoms with Gasteiger partial charge in [-0.1, -0.05) is 36.4 Å². The maximum Gasteiger partial charge on any atom is 0.146 e. The zero-order valence-corrected chi connectivity index (χ0v) is 8.54. The lowest BCUT2D eigenvalue weighted by Crippen LogP contribution is -1.78. The number of nitrogens with zero attached hydrogens (tertiary/aromatic N) is 1. The number of aromatic hydroxyl groups is 2. The average molecular weight is 213 g/mol. The minimum atomic E-state index is -0.0350. The van der Waals surface area contributed by atoms with Crippen LogP contribution in [0.25, 0.3) is 0 Å². The van der Waals surface area contributed by atoms with E-state index in [0.717, 1.165) is 5.56 Å². The third kappa shape index (κ3) is 2.20. The summed E-state index contributed by atoms with van der Waals surface area (Å²) < 4.78 is 0. The fourth-order valence-corrected chi connectivity index (χ4v) is 1.33. The van der Waals surface area contributed by atoms with Crippen LogP contribution in [0.15, 0.2) is 53.5 Å². The summed E-state index contributed by atoms with van der Waals surface area (Å²) in [5.74, 6) is -0.0700. The van der Waals surface area contributed by atoms with Crippen molar-refractivity contribution >= 4 is 11.9 Å². The Labute approximate surface area is 93.3 Å². The van der Waals surface area contributed by atoms with Gasteiger partial charge in [0.2, 0.25) is 0 Å². The highest BCUT2D eigenvalue weighted by Crippen LogP contribution is 2.34. The van der Waals surface area contributed by atoms with Crippen molar-refractivity contribution in [3.05, 3.63) is 54.1 Å². The predicted molar refractivity (Wildman–Crippen MR) is 63.5 cm³/mol. The van der Waals surface area contributed by atoms with Gasteiger partial charge in [0.05, 0.1) is 0 Å². The van der Waals surface area contributed by atoms with Gasteiger partial charge in [0.1, 0.15) is 17.2 Å². The quantitative estimate of drug-likeness (QED) is 0.753. The van der Waals surface area contributed by atoms with Crippen molar-refractivity contribution in [2.75, 3.05) is 0 Å². The van der Waals surface area contributed by atoms with Gasteiger partial charge in [-0.3, -0.25) is 0 Å². The van der Waals surface area contributed by atoms with E-state index in [4.69, 9.17) is 0 Å². The molecule has 0 unspecified atom stereocenters. The van der Waals surface area contributed by atoms with Crippen molar-refractivity contribution in [1.82, 2.24) is 0 Å². The van der Waals surface area contributed by atoms with Crippen molar-refractivity contribution in [1.29, 1.82) is 0 Å². The molecule has 80 valence electrons. The summed E-state index contributed by atoms with van der Waals surface area (Å²) in [6.45, 7) is 0. The van der Waals surface area contributed by atoms with Gasteiger partial charge >= 0.3 is 0 Å². The molecule has 3 nitrogen and oxygen atoms in total. The molecule has 2 N–H and O–H groups in total. The minimum absolute atomic E-state index is 0.0350. The van der Waals surface area contributed by atoms with E-state index >= 15 is 0 Å². The molecule has 0 aliphatic carbocycles. The lowest BCUT2D eigenvalue weighted by atomic mass is 10.2. The maximum atomic E-state index is 9.50. The zero-order chi connectivity index (χ0) is 11.4. The Morgan fingerprint density at radius 2 is 1.44 bits per heavy atom. The molecule has 0 radical (unpaired) electrons. The summed E-state index contributed by atoms with van der Waals surface area (Å²) in [6, 6.07) is 14.0. The number of aliphatic imine (C=N–C) groups is 1. The Morgan fingerprint density at radius 3 is 2.06 bits per heavy atom. The summed E-state index contributed by atoms with van der Waals surface area (Å²) in [5.41, 5.74) is 1.09. The zero-order valence-electron chi connectivity index (χ0n) is 8.54. The van der Waals surface area contributed by atoms with E-state index in [1.807, 2.05) is 30.3 Å². The SMILES string of the molecule is Oc1cccc(O)c1N=Cc1ccccc1. The average Bonchev–Trinajstić information content (AvgIpc) is 2.30. The molecular weight excluding hydrogens is 202 g/mol. The molecule has 0 spiro atoms. The smallest absolute Gasteiger partial charge is 0.146 e. The monoisotopic (exact) mass is 213 g/mol. The molecule has 0 aliphatic heterocycles. The van der Waals surface area contributed by atoms with E-state index in [2.05, 4.69) is 4.99 Å². The second-order valence-corrected chi connectivity index (χ2v) is 3.31. The van der Waals surface area contributed by atoms with Crippen LogP contribution in [0.2, 0.25) is 0 Å². The number of hydrogen-bond acceptors (Lipinski definition) is 3. The predicted octanol–water partition coefficient (Wildman–Crippen LogP) is 2.85. The fourth-order valence-electron chi connectivity index (χ4n) is 1.33. The van der Waals surface area contributed by atoms with E-state index in [9.17, 15) is 10.2 Å². The van der Waals surface area contributed by atoms with Crippen molar-refractivity contribution in [3.63, 3.8) is 0 Å². The molecule has 0 atom stereocenters. The molecule has 0 aliphatic rings. The standard InChI is InChI=1S/C13H11NO2/c15-11-7-4-8-12(16)13(11)14-9-10-5-2-1-3-6-10/h1-9,15-16H. The topological polar surface area (TPSA) is 52.8 Å². The number of benzene rings is 2. The van der Waals surface area contributed by atoms with Crippen LogP contribution in [0.1, 0.15) is 5.56 Å². The van der Waals surface area contributed by atoms with Gasteiger partial charge in [0.15, 0.2) is 0 Å². The maximum absolute atomic E-state index is 9.50. The van der Waals surface area contributed by atoms with Crippen molar-refractivity contribution in [2.45, 2.75) is 0 Å². The van der Waals surface area contributed by atoms with Crippen LogP contribution in [-0.4, -0.2) is 16.4 Å². The van der Waals surface area contributed by atoms with Gasteiger partial charge in [-0.15, -0.1) is 0 Å². The van der Waals surface area contributed by atoms with E-state index < -0.39 is 0 Å². The third-order valence-corrected chi connectivity index (χ3v) is 2.14. The second kappa shape index (κ2) is 4.49. The molecule has 2 aromatic carbocycles. The Morgan fingerprint density at radius 1 is 0.812 bits per heavy atom. The van der Waals surface area contributed by atoms with Crippen LogP contribution in [-0.2, 0) is 0 Å². The molecular formula is C13H11NO2. The first kappa shape index (κ1) is 10.2. The highest BCUT2D eigenvalue weighted by Gasteiger charge is 2.03. The summed E-state index contributed by atoms with van der Waals surface area (Å²) >= 11 is 0. The van der Waals surface area contributed by atoms with Crippen LogP contribution >= 0.6 is 0 Å². The highest BCUT2D eigenvalue weighted by atomic mass is 16.3. The minimum Gasteiger partial charge on any atom is -0.506 e. The van der Waals surface area contributed by atoms with Gasteiger partial charge in [0, 0.05) is 6.21 Å². The van der Waals surface area contributed by atoms with E-state index in [-0.39, 0.29) is 17.2 Å². The van der Waals surface area contributed by atoms with Crippen LogP contribution < -0.4 is 0 Å². The summed E-state index contributed by atoms with van der Waals surface area (Å²) in [4.78, 5) is 4.05. The normalized spacial score (nSPS) is 10.8. The summed E-state index contributed by atoms with van der Waals surface area (Å²) in [6.07, 6.45) is 1.59. The van der Waals surface area contributed by atoms with Gasteiger partial charge in [-0.05, 0) is 17.7 Å². The Kier molecular flexibility index (Phi) is 2.87. The lowest BCUT2D eigenvalue weighted by Gasteiger charge is -2.00. The Hall–Kier alpha value is -2.29. The van der Waals surface area contributed by atoms with Crippen LogP contribution in [0.3, 0.4) is 0 Å². The van der Waals surface area contributed by atoms with Crippen LogP contribution in [0.5, 0.6) is 11.5 Å².